The van der Waals surface area contributed by atoms with Gasteiger partial charge in [-0.3, -0.25) is 4.79 Å². The third kappa shape index (κ3) is 3.15. The molecule has 0 aliphatic rings. The number of nitrogen functional groups attached to an aromatic ring is 1. The summed E-state index contributed by atoms with van der Waals surface area (Å²) in [4.78, 5) is 12.1. The molecule has 1 amide bonds. The van der Waals surface area contributed by atoms with Crippen LogP contribution in [-0.4, -0.2) is 5.91 Å². The number of hydrogen-bond acceptors (Lipinski definition) is 2. The summed E-state index contributed by atoms with van der Waals surface area (Å²) >= 11 is 17.6. The van der Waals surface area contributed by atoms with Crippen molar-refractivity contribution in [3.05, 3.63) is 56.8 Å². The van der Waals surface area contributed by atoms with E-state index in [1.165, 1.54) is 24.3 Å². The van der Waals surface area contributed by atoms with Crippen LogP contribution in [0.1, 0.15) is 10.4 Å². The van der Waals surface area contributed by atoms with Crippen LogP contribution in [0.3, 0.4) is 0 Å². The second-order valence-corrected chi connectivity index (χ2v) is 5.13. The van der Waals surface area contributed by atoms with Crippen LogP contribution in [0.5, 0.6) is 0 Å². The van der Waals surface area contributed by atoms with Gasteiger partial charge >= 0.3 is 0 Å². The lowest BCUT2D eigenvalue weighted by Crippen LogP contribution is -2.13. The molecule has 0 spiro atoms. The van der Waals surface area contributed by atoms with E-state index in [2.05, 4.69) is 5.32 Å². The van der Waals surface area contributed by atoms with Crippen LogP contribution in [0.2, 0.25) is 15.1 Å². The van der Waals surface area contributed by atoms with E-state index in [0.717, 1.165) is 6.07 Å². The predicted octanol–water partition coefficient (Wildman–Crippen LogP) is 4.62. The third-order valence-electron chi connectivity index (χ3n) is 2.47. The first kappa shape index (κ1) is 14.9. The lowest BCUT2D eigenvalue weighted by Gasteiger charge is -2.10. The van der Waals surface area contributed by atoms with E-state index in [-0.39, 0.29) is 26.3 Å². The van der Waals surface area contributed by atoms with Crippen LogP contribution in [0.15, 0.2) is 30.3 Å². The number of halogens is 4. The Kier molecular flexibility index (Phi) is 4.38. The first-order chi connectivity index (χ1) is 9.38. The zero-order valence-corrected chi connectivity index (χ0v) is 12.2. The Balaban J connectivity index is 2.33. The lowest BCUT2D eigenvalue weighted by molar-refractivity contribution is 0.102. The molecule has 0 aliphatic heterocycles. The van der Waals surface area contributed by atoms with Gasteiger partial charge in [-0.2, -0.15) is 0 Å². The van der Waals surface area contributed by atoms with Gasteiger partial charge in [0.15, 0.2) is 0 Å². The number of amides is 1. The van der Waals surface area contributed by atoms with Gasteiger partial charge in [-0.15, -0.1) is 0 Å². The normalized spacial score (nSPS) is 10.4. The maximum Gasteiger partial charge on any atom is 0.257 e. The molecule has 0 aromatic heterocycles. The summed E-state index contributed by atoms with van der Waals surface area (Å²) in [6.45, 7) is 0. The molecule has 0 saturated heterocycles. The summed E-state index contributed by atoms with van der Waals surface area (Å²) in [7, 11) is 0. The number of benzene rings is 2. The van der Waals surface area contributed by atoms with Crippen molar-refractivity contribution in [2.24, 2.45) is 0 Å². The molecule has 3 N–H and O–H groups in total. The third-order valence-corrected chi connectivity index (χ3v) is 3.59. The maximum absolute atomic E-state index is 12.9. The molecule has 104 valence electrons. The monoisotopic (exact) mass is 332 g/mol. The average Bonchev–Trinajstić information content (AvgIpc) is 2.37. The number of nitrogens with two attached hydrogens (primary N) is 1. The summed E-state index contributed by atoms with van der Waals surface area (Å²) in [5, 5.41) is 2.84. The number of hydrogen-bond donors (Lipinski definition) is 2. The van der Waals surface area contributed by atoms with Gasteiger partial charge in [0.25, 0.3) is 5.91 Å². The van der Waals surface area contributed by atoms with Gasteiger partial charge in [0, 0.05) is 5.69 Å². The zero-order chi connectivity index (χ0) is 14.9. The first-order valence-corrected chi connectivity index (χ1v) is 6.53. The minimum absolute atomic E-state index is 0.0736. The van der Waals surface area contributed by atoms with E-state index in [4.69, 9.17) is 40.5 Å². The largest absolute Gasteiger partial charge is 0.399 e. The molecule has 2 aromatic rings. The molecule has 0 heterocycles. The first-order valence-electron chi connectivity index (χ1n) is 5.39. The molecule has 0 aliphatic carbocycles. The molecule has 3 nitrogen and oxygen atoms in total. The minimum atomic E-state index is -0.544. The summed E-state index contributed by atoms with van der Waals surface area (Å²) in [5.74, 6) is -1.05. The highest BCUT2D eigenvalue weighted by Gasteiger charge is 2.15. The molecule has 7 heteroatoms. The molecule has 0 unspecified atom stereocenters. The van der Waals surface area contributed by atoms with Crippen LogP contribution in [0.25, 0.3) is 0 Å². The van der Waals surface area contributed by atoms with Gasteiger partial charge in [0.05, 0.1) is 26.3 Å². The molecule has 2 aromatic carbocycles. The zero-order valence-electron chi connectivity index (χ0n) is 9.88. The van der Waals surface area contributed by atoms with Crippen molar-refractivity contribution in [2.75, 3.05) is 11.1 Å². The maximum atomic E-state index is 12.9. The quantitative estimate of drug-likeness (QED) is 0.788. The van der Waals surface area contributed by atoms with Gasteiger partial charge in [-0.05, 0) is 30.3 Å². The SMILES string of the molecule is Nc1cc(Cl)c(Cl)c(C(=O)Nc2ccc(F)cc2Cl)c1. The Hall–Kier alpha value is -1.49. The van der Waals surface area contributed by atoms with Crippen molar-refractivity contribution in [2.45, 2.75) is 0 Å². The second-order valence-electron chi connectivity index (χ2n) is 3.94. The van der Waals surface area contributed by atoms with E-state index in [0.29, 0.717) is 5.69 Å². The second kappa shape index (κ2) is 5.87. The van der Waals surface area contributed by atoms with Crippen molar-refractivity contribution >= 4 is 52.1 Å². The van der Waals surface area contributed by atoms with Gasteiger partial charge in [0.1, 0.15) is 5.82 Å². The molecule has 0 saturated carbocycles. The van der Waals surface area contributed by atoms with E-state index < -0.39 is 11.7 Å². The number of carbonyl (C=O) groups excluding carboxylic acids is 1. The standard InChI is InChI=1S/C13H8Cl3FN2O/c14-9-3-6(17)1-2-11(9)19-13(20)8-4-7(18)5-10(15)12(8)16/h1-5H,18H2,(H,19,20). The van der Waals surface area contributed by atoms with Gasteiger partial charge in [-0.1, -0.05) is 34.8 Å². The van der Waals surface area contributed by atoms with Crippen LogP contribution < -0.4 is 11.1 Å². The molecule has 2 rings (SSSR count). The molecular weight excluding hydrogens is 326 g/mol. The van der Waals surface area contributed by atoms with Crippen LogP contribution in [0.4, 0.5) is 15.8 Å². The molecule has 0 atom stereocenters. The highest BCUT2D eigenvalue weighted by atomic mass is 35.5. The van der Waals surface area contributed by atoms with Crippen molar-refractivity contribution in [3.63, 3.8) is 0 Å². The van der Waals surface area contributed by atoms with Crippen molar-refractivity contribution in [3.8, 4) is 0 Å². The van der Waals surface area contributed by atoms with Crippen LogP contribution in [0, 0.1) is 5.82 Å². The van der Waals surface area contributed by atoms with E-state index >= 15 is 0 Å². The van der Waals surface area contributed by atoms with Crippen molar-refractivity contribution in [1.82, 2.24) is 0 Å². The Morgan fingerprint density at radius 3 is 2.45 bits per heavy atom. The number of rotatable bonds is 2. The number of nitrogens with one attached hydrogen (secondary N) is 1. The smallest absolute Gasteiger partial charge is 0.257 e. The lowest BCUT2D eigenvalue weighted by atomic mass is 10.2. The molecule has 20 heavy (non-hydrogen) atoms. The van der Waals surface area contributed by atoms with Gasteiger partial charge < -0.3 is 11.1 Å². The Morgan fingerprint density at radius 1 is 1.10 bits per heavy atom. The molecule has 0 bridgehead atoms. The average molecular weight is 334 g/mol. The van der Waals surface area contributed by atoms with Gasteiger partial charge in [-0.25, -0.2) is 4.39 Å². The Labute approximate surface area is 129 Å². The van der Waals surface area contributed by atoms with Crippen molar-refractivity contribution < 1.29 is 9.18 Å². The predicted molar refractivity (Wildman–Crippen MR) is 80.2 cm³/mol. The van der Waals surface area contributed by atoms with Crippen LogP contribution in [-0.2, 0) is 0 Å². The van der Waals surface area contributed by atoms with Crippen molar-refractivity contribution in [1.29, 1.82) is 0 Å². The van der Waals surface area contributed by atoms with E-state index in [9.17, 15) is 9.18 Å². The summed E-state index contributed by atoms with van der Waals surface area (Å²) in [6, 6.07) is 6.43. The number of anilines is 2. The molecular formula is C13H8Cl3FN2O. The topological polar surface area (TPSA) is 55.1 Å². The summed E-state index contributed by atoms with van der Waals surface area (Å²) in [6.07, 6.45) is 0. The molecule has 0 fully saturated rings. The Bertz CT molecular complexity index is 692. The summed E-state index contributed by atoms with van der Waals surface area (Å²) < 4.78 is 12.9. The highest BCUT2D eigenvalue weighted by molar-refractivity contribution is 6.44. The molecule has 0 radical (unpaired) electrons. The summed E-state index contributed by atoms with van der Waals surface area (Å²) in [5.41, 5.74) is 6.28. The van der Waals surface area contributed by atoms with Crippen LogP contribution >= 0.6 is 34.8 Å². The number of carbonyl (C=O) groups is 1. The Morgan fingerprint density at radius 2 is 1.80 bits per heavy atom. The minimum Gasteiger partial charge on any atom is -0.399 e. The van der Waals surface area contributed by atoms with Gasteiger partial charge in [0.2, 0.25) is 0 Å². The fraction of sp³-hybridized carbons (Fsp3) is 0. The fourth-order valence-corrected chi connectivity index (χ4v) is 2.19. The van der Waals surface area contributed by atoms with E-state index in [1.54, 1.807) is 0 Å². The highest BCUT2D eigenvalue weighted by Crippen LogP contribution is 2.30. The fourth-order valence-electron chi connectivity index (χ4n) is 1.56. The van der Waals surface area contributed by atoms with E-state index in [1.807, 2.05) is 0 Å².